The third-order valence-electron chi connectivity index (χ3n) is 5.44. The van der Waals surface area contributed by atoms with Gasteiger partial charge in [0.2, 0.25) is 0 Å². The minimum atomic E-state index is -0.337. The summed E-state index contributed by atoms with van der Waals surface area (Å²) >= 11 is 6.55. The normalized spacial score (nSPS) is 11.2. The Balaban J connectivity index is 1.44. The summed E-state index contributed by atoms with van der Waals surface area (Å²) in [5.74, 6) is -0.337. The number of aromatic nitrogens is 3. The summed E-state index contributed by atoms with van der Waals surface area (Å²) in [5, 5.41) is 9.84. The third-order valence-corrected chi connectivity index (χ3v) is 5.80. The number of carbonyl (C=O) groups excluding carboxylic acids is 1. The highest BCUT2D eigenvalue weighted by Gasteiger charge is 2.15. The Labute approximate surface area is 201 Å². The zero-order valence-electron chi connectivity index (χ0n) is 18.3. The quantitative estimate of drug-likeness (QED) is 0.263. The Morgan fingerprint density at radius 1 is 0.971 bits per heavy atom. The van der Waals surface area contributed by atoms with E-state index in [1.807, 2.05) is 91.9 Å². The third kappa shape index (κ3) is 4.19. The fraction of sp³-hybridized carbons (Fsp3) is 0.0370. The van der Waals surface area contributed by atoms with Gasteiger partial charge < -0.3 is 0 Å². The lowest BCUT2D eigenvalue weighted by Crippen LogP contribution is -2.18. The number of benzene rings is 3. The van der Waals surface area contributed by atoms with Crippen molar-refractivity contribution in [3.05, 3.63) is 113 Å². The van der Waals surface area contributed by atoms with Crippen LogP contribution < -0.4 is 5.43 Å². The lowest BCUT2D eigenvalue weighted by Gasteiger charge is -2.09. The van der Waals surface area contributed by atoms with Gasteiger partial charge in [0, 0.05) is 10.9 Å². The second-order valence-corrected chi connectivity index (χ2v) is 8.03. The molecule has 0 fully saturated rings. The molecule has 166 valence electrons. The summed E-state index contributed by atoms with van der Waals surface area (Å²) in [6.07, 6.45) is 1.52. The van der Waals surface area contributed by atoms with E-state index in [-0.39, 0.29) is 5.91 Å². The van der Waals surface area contributed by atoms with E-state index in [0.717, 1.165) is 27.8 Å². The number of halogens is 1. The summed E-state index contributed by atoms with van der Waals surface area (Å²) in [4.78, 5) is 17.8. The average Bonchev–Trinajstić information content (AvgIpc) is 3.17. The molecule has 1 amide bonds. The Morgan fingerprint density at radius 3 is 2.41 bits per heavy atom. The minimum absolute atomic E-state index is 0.337. The fourth-order valence-electron chi connectivity index (χ4n) is 3.73. The molecule has 1 N–H and O–H groups in total. The molecule has 6 nitrogen and oxygen atoms in total. The largest absolute Gasteiger partial charge is 0.272 e. The van der Waals surface area contributed by atoms with Crippen molar-refractivity contribution in [2.24, 2.45) is 5.10 Å². The van der Waals surface area contributed by atoms with E-state index in [1.165, 1.54) is 6.21 Å². The molecule has 0 aliphatic carbocycles. The number of nitrogens with one attached hydrogen (secondary N) is 1. The zero-order valence-corrected chi connectivity index (χ0v) is 19.1. The van der Waals surface area contributed by atoms with Crippen LogP contribution in [0.15, 0.2) is 96.1 Å². The molecule has 5 rings (SSSR count). The van der Waals surface area contributed by atoms with Gasteiger partial charge in [-0.3, -0.25) is 4.79 Å². The van der Waals surface area contributed by atoms with E-state index in [1.54, 1.807) is 10.7 Å². The fourth-order valence-corrected chi connectivity index (χ4v) is 4.05. The minimum Gasteiger partial charge on any atom is -0.267 e. The van der Waals surface area contributed by atoms with E-state index in [9.17, 15) is 4.79 Å². The van der Waals surface area contributed by atoms with Gasteiger partial charge in [-0.2, -0.15) is 10.2 Å². The maximum absolute atomic E-state index is 13.1. The molecule has 2 heterocycles. The standard InChI is InChI=1S/C27H20ClN5O/c1-18-23(26(28)33(32-18)20-12-6-3-7-13-20)17-29-31-27(34)22-16-25(19-10-4-2-5-11-19)30-24-15-9-8-14-21(22)24/h2-17H,1H3,(H,31,34)/b29-17-. The number of rotatable bonds is 5. The highest BCUT2D eigenvalue weighted by atomic mass is 35.5. The van der Waals surface area contributed by atoms with Crippen LogP contribution >= 0.6 is 11.6 Å². The van der Waals surface area contributed by atoms with Gasteiger partial charge in [-0.25, -0.2) is 15.1 Å². The second-order valence-electron chi connectivity index (χ2n) is 7.67. The van der Waals surface area contributed by atoms with Gasteiger partial charge in [0.15, 0.2) is 0 Å². The van der Waals surface area contributed by atoms with Crippen LogP contribution in [0.2, 0.25) is 5.15 Å². The molecule has 34 heavy (non-hydrogen) atoms. The highest BCUT2D eigenvalue weighted by molar-refractivity contribution is 6.32. The first-order valence-electron chi connectivity index (χ1n) is 10.7. The van der Waals surface area contributed by atoms with E-state index >= 15 is 0 Å². The number of para-hydroxylation sites is 2. The summed E-state index contributed by atoms with van der Waals surface area (Å²) in [7, 11) is 0. The number of hydrazone groups is 1. The van der Waals surface area contributed by atoms with Crippen molar-refractivity contribution in [1.82, 2.24) is 20.2 Å². The van der Waals surface area contributed by atoms with Crippen molar-refractivity contribution in [2.45, 2.75) is 6.92 Å². The Morgan fingerprint density at radius 2 is 1.65 bits per heavy atom. The molecule has 5 aromatic rings. The van der Waals surface area contributed by atoms with Gasteiger partial charge in [0.1, 0.15) is 5.15 Å². The van der Waals surface area contributed by atoms with Crippen molar-refractivity contribution in [1.29, 1.82) is 0 Å². The molecule has 0 saturated carbocycles. The summed E-state index contributed by atoms with van der Waals surface area (Å²) in [5.41, 5.74) is 7.69. The number of aryl methyl sites for hydroxylation is 1. The number of nitrogens with zero attached hydrogens (tertiary/aromatic N) is 4. The molecule has 0 bridgehead atoms. The number of hydrogen-bond acceptors (Lipinski definition) is 4. The molecule has 0 saturated heterocycles. The van der Waals surface area contributed by atoms with Gasteiger partial charge in [-0.15, -0.1) is 0 Å². The highest BCUT2D eigenvalue weighted by Crippen LogP contribution is 2.25. The first-order valence-corrected chi connectivity index (χ1v) is 11.1. The molecular weight excluding hydrogens is 446 g/mol. The molecule has 3 aromatic carbocycles. The molecule has 0 spiro atoms. The van der Waals surface area contributed by atoms with Crippen LogP contribution in [-0.2, 0) is 0 Å². The van der Waals surface area contributed by atoms with Crippen LogP contribution in [0.25, 0.3) is 27.8 Å². The zero-order chi connectivity index (χ0) is 23.5. The molecule has 2 aromatic heterocycles. The molecule has 0 aliphatic heterocycles. The molecule has 0 atom stereocenters. The van der Waals surface area contributed by atoms with E-state index < -0.39 is 0 Å². The average molecular weight is 466 g/mol. The Hall–Kier alpha value is -4.29. The Bertz CT molecular complexity index is 1510. The van der Waals surface area contributed by atoms with Crippen molar-refractivity contribution >= 4 is 34.6 Å². The van der Waals surface area contributed by atoms with Crippen molar-refractivity contribution in [3.8, 4) is 16.9 Å². The van der Waals surface area contributed by atoms with Crippen molar-refractivity contribution in [2.75, 3.05) is 0 Å². The predicted octanol–water partition coefficient (Wildman–Crippen LogP) is 5.81. The number of pyridine rings is 1. The SMILES string of the molecule is Cc1nn(-c2ccccc2)c(Cl)c1/C=N\NC(=O)c1cc(-c2ccccc2)nc2ccccc12. The number of carbonyl (C=O) groups is 1. The summed E-state index contributed by atoms with van der Waals surface area (Å²) in [6.45, 7) is 1.84. The summed E-state index contributed by atoms with van der Waals surface area (Å²) < 4.78 is 1.64. The molecule has 0 radical (unpaired) electrons. The molecular formula is C27H20ClN5O. The number of fused-ring (bicyclic) bond motifs is 1. The number of hydrogen-bond donors (Lipinski definition) is 1. The van der Waals surface area contributed by atoms with Crippen molar-refractivity contribution in [3.63, 3.8) is 0 Å². The topological polar surface area (TPSA) is 72.2 Å². The molecule has 0 aliphatic rings. The van der Waals surface area contributed by atoms with Gasteiger partial charge in [0.05, 0.1) is 39.9 Å². The van der Waals surface area contributed by atoms with Crippen LogP contribution in [0.4, 0.5) is 0 Å². The Kier molecular flexibility index (Phi) is 5.89. The smallest absolute Gasteiger partial charge is 0.267 e. The maximum Gasteiger partial charge on any atom is 0.272 e. The van der Waals surface area contributed by atoms with Gasteiger partial charge >= 0.3 is 0 Å². The first-order chi connectivity index (χ1) is 16.6. The molecule has 0 unspecified atom stereocenters. The van der Waals surface area contributed by atoms with Gasteiger partial charge in [-0.05, 0) is 31.2 Å². The van der Waals surface area contributed by atoms with E-state index in [4.69, 9.17) is 16.6 Å². The van der Waals surface area contributed by atoms with Crippen LogP contribution in [0.3, 0.4) is 0 Å². The summed E-state index contributed by atoms with van der Waals surface area (Å²) in [6, 6.07) is 28.7. The van der Waals surface area contributed by atoms with Crippen LogP contribution in [0.1, 0.15) is 21.6 Å². The number of amides is 1. The van der Waals surface area contributed by atoms with Gasteiger partial charge in [0.25, 0.3) is 5.91 Å². The lowest BCUT2D eigenvalue weighted by molar-refractivity contribution is 0.0956. The molecule has 7 heteroatoms. The second kappa shape index (κ2) is 9.29. The van der Waals surface area contributed by atoms with Gasteiger partial charge in [-0.1, -0.05) is 78.3 Å². The van der Waals surface area contributed by atoms with E-state index in [0.29, 0.717) is 22.0 Å². The maximum atomic E-state index is 13.1. The lowest BCUT2D eigenvalue weighted by atomic mass is 10.0. The van der Waals surface area contributed by atoms with Crippen LogP contribution in [-0.4, -0.2) is 26.9 Å². The van der Waals surface area contributed by atoms with Crippen LogP contribution in [0.5, 0.6) is 0 Å². The van der Waals surface area contributed by atoms with E-state index in [2.05, 4.69) is 15.6 Å². The predicted molar refractivity (Wildman–Crippen MR) is 136 cm³/mol. The van der Waals surface area contributed by atoms with Crippen LogP contribution in [0, 0.1) is 6.92 Å². The first kappa shape index (κ1) is 21.6. The van der Waals surface area contributed by atoms with Crippen molar-refractivity contribution < 1.29 is 4.79 Å². The monoisotopic (exact) mass is 465 g/mol.